The fourth-order valence-electron chi connectivity index (χ4n) is 2.68. The highest BCUT2D eigenvalue weighted by molar-refractivity contribution is 5.95. The number of nitro groups is 1. The summed E-state index contributed by atoms with van der Waals surface area (Å²) in [5.41, 5.74) is 5.64. The Bertz CT molecular complexity index is 530. The van der Waals surface area contributed by atoms with Gasteiger partial charge in [-0.2, -0.15) is 0 Å². The molecule has 1 aromatic rings. The molecule has 0 saturated heterocycles. The zero-order valence-electron chi connectivity index (χ0n) is 11.5. The third-order valence-corrected chi connectivity index (χ3v) is 3.76. The first-order chi connectivity index (χ1) is 9.47. The fourth-order valence-corrected chi connectivity index (χ4v) is 2.68. The van der Waals surface area contributed by atoms with Crippen LogP contribution in [0.4, 0.5) is 11.4 Å². The van der Waals surface area contributed by atoms with Crippen molar-refractivity contribution in [3.8, 4) is 0 Å². The molecule has 20 heavy (non-hydrogen) atoms. The van der Waals surface area contributed by atoms with Crippen LogP contribution in [-0.4, -0.2) is 16.9 Å². The number of rotatable bonds is 3. The molecule has 3 N–H and O–H groups in total. The zero-order valence-corrected chi connectivity index (χ0v) is 11.5. The molecule has 1 aliphatic rings. The van der Waals surface area contributed by atoms with Gasteiger partial charge < -0.3 is 11.1 Å². The summed E-state index contributed by atoms with van der Waals surface area (Å²) in [4.78, 5) is 22.4. The molecular weight excluding hydrogens is 258 g/mol. The first kappa shape index (κ1) is 14.3. The van der Waals surface area contributed by atoms with E-state index in [0.717, 1.165) is 19.3 Å². The average molecular weight is 277 g/mol. The van der Waals surface area contributed by atoms with Gasteiger partial charge in [-0.05, 0) is 30.9 Å². The molecule has 6 heteroatoms. The zero-order chi connectivity index (χ0) is 14.7. The minimum Gasteiger partial charge on any atom is -0.393 e. The number of hydrogen-bond donors (Lipinski definition) is 2. The molecule has 0 spiro atoms. The van der Waals surface area contributed by atoms with Crippen LogP contribution >= 0.6 is 0 Å². The highest BCUT2D eigenvalue weighted by Crippen LogP contribution is 2.25. The summed E-state index contributed by atoms with van der Waals surface area (Å²) in [7, 11) is 0. The molecule has 1 aliphatic carbocycles. The Morgan fingerprint density at radius 3 is 2.85 bits per heavy atom. The molecule has 2 rings (SSSR count). The molecule has 108 valence electrons. The largest absolute Gasteiger partial charge is 0.393 e. The normalized spacial score (nSPS) is 22.2. The van der Waals surface area contributed by atoms with Gasteiger partial charge in [-0.15, -0.1) is 0 Å². The maximum absolute atomic E-state index is 12.1. The third-order valence-electron chi connectivity index (χ3n) is 3.76. The van der Waals surface area contributed by atoms with Crippen LogP contribution in [0.15, 0.2) is 18.2 Å². The van der Waals surface area contributed by atoms with Crippen LogP contribution in [0.3, 0.4) is 0 Å². The van der Waals surface area contributed by atoms with Gasteiger partial charge in [-0.1, -0.05) is 19.8 Å². The summed E-state index contributed by atoms with van der Waals surface area (Å²) in [6.07, 6.45) is 4.23. The van der Waals surface area contributed by atoms with Crippen LogP contribution in [0.25, 0.3) is 0 Å². The number of hydrogen-bond acceptors (Lipinski definition) is 4. The molecule has 0 radical (unpaired) electrons. The van der Waals surface area contributed by atoms with Crippen LogP contribution in [-0.2, 0) is 0 Å². The van der Waals surface area contributed by atoms with Crippen molar-refractivity contribution in [3.63, 3.8) is 0 Å². The second kappa shape index (κ2) is 5.90. The summed E-state index contributed by atoms with van der Waals surface area (Å²) in [6, 6.07) is 4.31. The Hall–Kier alpha value is -2.11. The summed E-state index contributed by atoms with van der Waals surface area (Å²) in [5, 5.41) is 13.8. The average Bonchev–Trinajstić information content (AvgIpc) is 2.38. The van der Waals surface area contributed by atoms with Crippen molar-refractivity contribution in [2.75, 3.05) is 5.73 Å². The van der Waals surface area contributed by atoms with Crippen molar-refractivity contribution in [2.24, 2.45) is 5.92 Å². The highest BCUT2D eigenvalue weighted by Gasteiger charge is 2.22. The van der Waals surface area contributed by atoms with Gasteiger partial charge in [-0.25, -0.2) is 0 Å². The van der Waals surface area contributed by atoms with E-state index in [1.807, 2.05) is 0 Å². The predicted molar refractivity (Wildman–Crippen MR) is 76.4 cm³/mol. The lowest BCUT2D eigenvalue weighted by molar-refractivity contribution is -0.383. The summed E-state index contributed by atoms with van der Waals surface area (Å²) < 4.78 is 0. The molecule has 0 aliphatic heterocycles. The number of anilines is 1. The van der Waals surface area contributed by atoms with Gasteiger partial charge in [0.15, 0.2) is 0 Å². The first-order valence-corrected chi connectivity index (χ1v) is 6.82. The Morgan fingerprint density at radius 2 is 2.20 bits per heavy atom. The van der Waals surface area contributed by atoms with Crippen LogP contribution in [0.5, 0.6) is 0 Å². The van der Waals surface area contributed by atoms with E-state index >= 15 is 0 Å². The van der Waals surface area contributed by atoms with Crippen LogP contribution < -0.4 is 11.1 Å². The van der Waals surface area contributed by atoms with Gasteiger partial charge >= 0.3 is 0 Å². The van der Waals surface area contributed by atoms with E-state index in [1.165, 1.54) is 24.6 Å². The fraction of sp³-hybridized carbons (Fsp3) is 0.500. The maximum Gasteiger partial charge on any atom is 0.292 e. The predicted octanol–water partition coefficient (Wildman–Crippen LogP) is 2.49. The number of nitrogens with two attached hydrogens (primary N) is 1. The van der Waals surface area contributed by atoms with E-state index in [9.17, 15) is 14.9 Å². The quantitative estimate of drug-likeness (QED) is 0.503. The maximum atomic E-state index is 12.1. The lowest BCUT2D eigenvalue weighted by Gasteiger charge is -2.27. The van der Waals surface area contributed by atoms with Crippen molar-refractivity contribution < 1.29 is 9.72 Å². The van der Waals surface area contributed by atoms with E-state index < -0.39 is 4.92 Å². The van der Waals surface area contributed by atoms with Gasteiger partial charge in [-0.3, -0.25) is 14.9 Å². The van der Waals surface area contributed by atoms with Crippen molar-refractivity contribution in [2.45, 2.75) is 38.6 Å². The van der Waals surface area contributed by atoms with Crippen LogP contribution in [0, 0.1) is 16.0 Å². The van der Waals surface area contributed by atoms with Gasteiger partial charge in [0.1, 0.15) is 5.69 Å². The molecule has 6 nitrogen and oxygen atoms in total. The summed E-state index contributed by atoms with van der Waals surface area (Å²) >= 11 is 0. The number of nitrogens with one attached hydrogen (secondary N) is 1. The second-order valence-electron chi connectivity index (χ2n) is 5.47. The Labute approximate surface area is 117 Å². The number of carbonyl (C=O) groups is 1. The van der Waals surface area contributed by atoms with Crippen LogP contribution in [0.1, 0.15) is 43.0 Å². The van der Waals surface area contributed by atoms with Gasteiger partial charge in [0.05, 0.1) is 4.92 Å². The molecule has 1 saturated carbocycles. The second-order valence-corrected chi connectivity index (χ2v) is 5.47. The van der Waals surface area contributed by atoms with E-state index in [2.05, 4.69) is 12.2 Å². The van der Waals surface area contributed by atoms with Crippen molar-refractivity contribution >= 4 is 17.3 Å². The van der Waals surface area contributed by atoms with E-state index in [4.69, 9.17) is 5.73 Å². The third kappa shape index (κ3) is 3.26. The number of nitrogen functional groups attached to an aromatic ring is 1. The smallest absolute Gasteiger partial charge is 0.292 e. The number of carbonyl (C=O) groups excluding carboxylic acids is 1. The Morgan fingerprint density at radius 1 is 1.45 bits per heavy atom. The van der Waals surface area contributed by atoms with Gasteiger partial charge in [0.2, 0.25) is 0 Å². The molecule has 1 amide bonds. The molecule has 2 atom stereocenters. The highest BCUT2D eigenvalue weighted by atomic mass is 16.6. The van der Waals surface area contributed by atoms with E-state index in [-0.39, 0.29) is 28.9 Å². The topological polar surface area (TPSA) is 98.3 Å². The van der Waals surface area contributed by atoms with Gasteiger partial charge in [0, 0.05) is 17.7 Å². The molecule has 0 heterocycles. The molecule has 0 bridgehead atoms. The molecule has 1 aromatic carbocycles. The van der Waals surface area contributed by atoms with Gasteiger partial charge in [0.25, 0.3) is 11.6 Å². The SMILES string of the molecule is CC1CCCC(NC(=O)c2ccc(N)c([N+](=O)[O-])c2)C1. The van der Waals surface area contributed by atoms with Crippen molar-refractivity contribution in [1.29, 1.82) is 0 Å². The van der Waals surface area contributed by atoms with Crippen molar-refractivity contribution in [3.05, 3.63) is 33.9 Å². The number of benzene rings is 1. The lowest BCUT2D eigenvalue weighted by atomic mass is 9.87. The standard InChI is InChI=1S/C14H19N3O3/c1-9-3-2-4-11(7-9)16-14(18)10-5-6-12(15)13(8-10)17(19)20/h5-6,8-9,11H,2-4,7,15H2,1H3,(H,16,18). The minimum absolute atomic E-state index is 0.0674. The van der Waals surface area contributed by atoms with E-state index in [0.29, 0.717) is 5.92 Å². The first-order valence-electron chi connectivity index (χ1n) is 6.82. The van der Waals surface area contributed by atoms with Crippen LogP contribution in [0.2, 0.25) is 0 Å². The summed E-state index contributed by atoms with van der Waals surface area (Å²) in [6.45, 7) is 2.17. The molecule has 2 unspecified atom stereocenters. The Balaban J connectivity index is 2.09. The minimum atomic E-state index is -0.575. The van der Waals surface area contributed by atoms with E-state index in [1.54, 1.807) is 0 Å². The Kier molecular flexibility index (Phi) is 4.22. The van der Waals surface area contributed by atoms with Crippen molar-refractivity contribution in [1.82, 2.24) is 5.32 Å². The number of nitro benzene ring substituents is 1. The number of nitrogens with zero attached hydrogens (tertiary/aromatic N) is 1. The number of amides is 1. The molecule has 0 aromatic heterocycles. The monoisotopic (exact) mass is 277 g/mol. The molecular formula is C14H19N3O3. The molecule has 1 fully saturated rings. The lowest BCUT2D eigenvalue weighted by Crippen LogP contribution is -2.38. The summed E-state index contributed by atoms with van der Waals surface area (Å²) in [5.74, 6) is 0.335.